The van der Waals surface area contributed by atoms with E-state index in [0.717, 1.165) is 36.6 Å². The minimum atomic E-state index is -0.751. The third-order valence-corrected chi connectivity index (χ3v) is 6.10. The third kappa shape index (κ3) is 4.44. The maximum Gasteiger partial charge on any atom is 0.351 e. The zero-order chi connectivity index (χ0) is 21.8. The van der Waals surface area contributed by atoms with E-state index in [4.69, 9.17) is 11.6 Å². The molecule has 9 heteroatoms. The van der Waals surface area contributed by atoms with E-state index >= 15 is 0 Å². The van der Waals surface area contributed by atoms with Crippen molar-refractivity contribution in [1.29, 1.82) is 0 Å². The Morgan fingerprint density at radius 1 is 1.13 bits per heavy atom. The molecule has 8 nitrogen and oxygen atoms in total. The number of amides is 1. The van der Waals surface area contributed by atoms with Gasteiger partial charge in [0, 0.05) is 18.2 Å². The molecule has 31 heavy (non-hydrogen) atoms. The van der Waals surface area contributed by atoms with E-state index in [1.165, 1.54) is 24.2 Å². The van der Waals surface area contributed by atoms with Gasteiger partial charge in [0.2, 0.25) is 0 Å². The van der Waals surface area contributed by atoms with Crippen molar-refractivity contribution >= 4 is 17.5 Å². The van der Waals surface area contributed by atoms with Crippen LogP contribution in [0.15, 0.2) is 58.4 Å². The van der Waals surface area contributed by atoms with Gasteiger partial charge in [-0.25, -0.2) is 9.78 Å². The lowest BCUT2D eigenvalue weighted by Gasteiger charge is -2.38. The summed E-state index contributed by atoms with van der Waals surface area (Å²) >= 11 is 6.23. The topological polar surface area (TPSA) is 110 Å². The lowest BCUT2D eigenvalue weighted by Crippen LogP contribution is -2.42. The number of pyridine rings is 1. The number of hydrogen-bond donors (Lipinski definition) is 2. The molecule has 0 saturated heterocycles. The van der Waals surface area contributed by atoms with Gasteiger partial charge in [-0.05, 0) is 24.5 Å². The van der Waals surface area contributed by atoms with Gasteiger partial charge >= 0.3 is 5.69 Å². The number of rotatable bonds is 5. The number of hydrogen-bond acceptors (Lipinski definition) is 5. The van der Waals surface area contributed by atoms with Crippen molar-refractivity contribution in [2.24, 2.45) is 0 Å². The highest BCUT2D eigenvalue weighted by Gasteiger charge is 2.34. The Hall–Kier alpha value is -3.26. The second-order valence-corrected chi connectivity index (χ2v) is 8.17. The van der Waals surface area contributed by atoms with Crippen molar-refractivity contribution < 1.29 is 4.79 Å². The van der Waals surface area contributed by atoms with Crippen LogP contribution in [-0.2, 0) is 5.41 Å². The number of carbonyl (C=O) groups excluding carboxylic acids is 1. The fourth-order valence-corrected chi connectivity index (χ4v) is 4.36. The first-order valence-corrected chi connectivity index (χ1v) is 10.5. The van der Waals surface area contributed by atoms with Crippen molar-refractivity contribution in [3.63, 3.8) is 0 Å². The molecule has 2 heterocycles. The molecule has 0 atom stereocenters. The molecular formula is C22H22ClN5O3. The molecule has 0 bridgehead atoms. The summed E-state index contributed by atoms with van der Waals surface area (Å²) in [6, 6.07) is 11.7. The largest absolute Gasteiger partial charge is 0.351 e. The van der Waals surface area contributed by atoms with Crippen LogP contribution in [0.25, 0.3) is 5.82 Å². The van der Waals surface area contributed by atoms with Gasteiger partial charge in [0.1, 0.15) is 6.20 Å². The van der Waals surface area contributed by atoms with E-state index in [-0.39, 0.29) is 27.7 Å². The number of aromatic nitrogens is 4. The summed E-state index contributed by atoms with van der Waals surface area (Å²) < 4.78 is 0.904. The summed E-state index contributed by atoms with van der Waals surface area (Å²) in [5.74, 6) is -0.266. The molecule has 160 valence electrons. The Bertz CT molecular complexity index is 1200. The van der Waals surface area contributed by atoms with Crippen molar-refractivity contribution in [3.8, 4) is 5.82 Å². The molecule has 0 radical (unpaired) electrons. The summed E-state index contributed by atoms with van der Waals surface area (Å²) in [4.78, 5) is 42.4. The number of carbonyl (C=O) groups is 1. The van der Waals surface area contributed by atoms with Crippen molar-refractivity contribution in [1.82, 2.24) is 25.1 Å². The fourth-order valence-electron chi connectivity index (χ4n) is 4.17. The molecule has 2 aromatic heterocycles. The summed E-state index contributed by atoms with van der Waals surface area (Å²) in [6.07, 6.45) is 7.69. The Morgan fingerprint density at radius 3 is 2.58 bits per heavy atom. The Morgan fingerprint density at radius 2 is 1.87 bits per heavy atom. The molecule has 3 aromatic rings. The second kappa shape index (κ2) is 8.85. The lowest BCUT2D eigenvalue weighted by atomic mass is 9.69. The number of halogens is 1. The van der Waals surface area contributed by atoms with Crippen molar-refractivity contribution in [2.45, 2.75) is 37.5 Å². The Kier molecular flexibility index (Phi) is 5.99. The second-order valence-electron chi connectivity index (χ2n) is 7.76. The number of nitrogens with zero attached hydrogens (tertiary/aromatic N) is 3. The summed E-state index contributed by atoms with van der Waals surface area (Å²) in [5.41, 5.74) is -0.0774. The minimum Gasteiger partial charge on any atom is -0.351 e. The first-order chi connectivity index (χ1) is 15.0. The number of benzene rings is 1. The van der Waals surface area contributed by atoms with Gasteiger partial charge in [0.05, 0.1) is 10.6 Å². The van der Waals surface area contributed by atoms with Crippen LogP contribution in [-0.4, -0.2) is 32.2 Å². The maximum atomic E-state index is 13.0. The highest BCUT2D eigenvalue weighted by atomic mass is 35.5. The molecule has 1 amide bonds. The van der Waals surface area contributed by atoms with Crippen LogP contribution in [0.3, 0.4) is 0 Å². The zero-order valence-corrected chi connectivity index (χ0v) is 17.6. The highest BCUT2D eigenvalue weighted by Crippen LogP contribution is 2.39. The average Bonchev–Trinajstić information content (AvgIpc) is 2.79. The van der Waals surface area contributed by atoms with Gasteiger partial charge in [-0.3, -0.25) is 14.6 Å². The SMILES string of the molecule is O=C(NCC1(c2ccccc2)CCCCC1)c1cc(-n2ncc(=O)[nH]c2=O)ncc1Cl. The van der Waals surface area contributed by atoms with Crippen molar-refractivity contribution in [3.05, 3.63) is 85.8 Å². The number of aromatic amines is 1. The molecule has 1 aromatic carbocycles. The molecule has 1 aliphatic rings. The third-order valence-electron chi connectivity index (χ3n) is 5.80. The Balaban J connectivity index is 1.59. The minimum absolute atomic E-state index is 0.0891. The number of H-pyrrole nitrogens is 1. The van der Waals surface area contributed by atoms with Crippen molar-refractivity contribution in [2.75, 3.05) is 6.54 Å². The van der Waals surface area contributed by atoms with E-state index in [0.29, 0.717) is 6.54 Å². The standard InChI is InChI=1S/C22H22ClN5O3/c23-17-12-24-18(28-21(31)27-19(29)13-26-28)11-16(17)20(30)25-14-22(9-5-2-6-10-22)15-7-3-1-4-8-15/h1,3-4,7-8,11-13H,2,5-6,9-10,14H2,(H,25,30)(H,27,29,31). The quantitative estimate of drug-likeness (QED) is 0.635. The van der Waals surface area contributed by atoms with Gasteiger partial charge in [-0.1, -0.05) is 61.2 Å². The predicted molar refractivity (Wildman–Crippen MR) is 117 cm³/mol. The molecule has 1 saturated carbocycles. The van der Waals surface area contributed by atoms with E-state index in [2.05, 4.69) is 32.5 Å². The van der Waals surface area contributed by atoms with Gasteiger partial charge < -0.3 is 5.32 Å². The van der Waals surface area contributed by atoms with Crippen LogP contribution in [0.4, 0.5) is 0 Å². The zero-order valence-electron chi connectivity index (χ0n) is 16.8. The number of nitrogens with one attached hydrogen (secondary N) is 2. The van der Waals surface area contributed by atoms with Gasteiger partial charge in [0.25, 0.3) is 11.5 Å². The van der Waals surface area contributed by atoms with Crippen LogP contribution in [0.5, 0.6) is 0 Å². The van der Waals surface area contributed by atoms with Gasteiger partial charge in [-0.15, -0.1) is 0 Å². The normalized spacial score (nSPS) is 15.4. The van der Waals surface area contributed by atoms with Gasteiger partial charge in [-0.2, -0.15) is 9.78 Å². The van der Waals surface area contributed by atoms with Crippen LogP contribution in [0, 0.1) is 0 Å². The lowest BCUT2D eigenvalue weighted by molar-refractivity contribution is 0.0936. The summed E-state index contributed by atoms with van der Waals surface area (Å²) in [7, 11) is 0. The molecular weight excluding hydrogens is 418 g/mol. The monoisotopic (exact) mass is 439 g/mol. The van der Waals surface area contributed by atoms with E-state index in [1.54, 1.807) is 0 Å². The highest BCUT2D eigenvalue weighted by molar-refractivity contribution is 6.33. The van der Waals surface area contributed by atoms with E-state index < -0.39 is 11.2 Å². The Labute approximate surface area is 183 Å². The summed E-state index contributed by atoms with van der Waals surface area (Å²) in [6.45, 7) is 0.487. The predicted octanol–water partition coefficient (Wildman–Crippen LogP) is 2.60. The molecule has 0 unspecified atom stereocenters. The molecule has 4 rings (SSSR count). The molecule has 0 spiro atoms. The molecule has 2 N–H and O–H groups in total. The van der Waals surface area contributed by atoms with E-state index in [1.807, 2.05) is 18.2 Å². The first kappa shape index (κ1) is 21.0. The average molecular weight is 440 g/mol. The van der Waals surface area contributed by atoms with Crippen LogP contribution >= 0.6 is 11.6 Å². The smallest absolute Gasteiger partial charge is 0.351 e. The maximum absolute atomic E-state index is 13.0. The molecule has 0 aliphatic heterocycles. The van der Waals surface area contributed by atoms with E-state index in [9.17, 15) is 14.4 Å². The van der Waals surface area contributed by atoms with Crippen LogP contribution in [0.2, 0.25) is 5.02 Å². The molecule has 1 aliphatic carbocycles. The van der Waals surface area contributed by atoms with Gasteiger partial charge in [0.15, 0.2) is 5.82 Å². The molecule has 1 fully saturated rings. The first-order valence-electron chi connectivity index (χ1n) is 10.2. The van der Waals surface area contributed by atoms with Crippen LogP contribution < -0.4 is 16.6 Å². The van der Waals surface area contributed by atoms with Crippen LogP contribution in [0.1, 0.15) is 48.0 Å². The summed E-state index contributed by atoms with van der Waals surface area (Å²) in [5, 5.41) is 6.97. The fraction of sp³-hybridized carbons (Fsp3) is 0.318.